The number of nitrogens with zero attached hydrogens (tertiary/aromatic N) is 2. The first-order chi connectivity index (χ1) is 12.2. The van der Waals surface area contributed by atoms with Gasteiger partial charge < -0.3 is 20.1 Å². The molecule has 6 heteroatoms. The number of nitrogens with one attached hydrogen (secondary N) is 1. The van der Waals surface area contributed by atoms with Crippen LogP contribution in [0.2, 0.25) is 0 Å². The smallest absolute Gasteiger partial charge is 0.220 e. The average Bonchev–Trinajstić information content (AvgIpc) is 3.11. The lowest BCUT2D eigenvalue weighted by atomic mass is 9.75. The van der Waals surface area contributed by atoms with Crippen molar-refractivity contribution in [1.82, 2.24) is 15.2 Å². The lowest BCUT2D eigenvalue weighted by Crippen LogP contribution is -2.41. The summed E-state index contributed by atoms with van der Waals surface area (Å²) in [6, 6.07) is 3.68. The van der Waals surface area contributed by atoms with Gasteiger partial charge in [0, 0.05) is 18.7 Å². The van der Waals surface area contributed by atoms with Crippen LogP contribution in [-0.2, 0) is 4.79 Å². The van der Waals surface area contributed by atoms with E-state index in [4.69, 9.17) is 4.74 Å². The minimum Gasteiger partial charge on any atom is -0.481 e. The van der Waals surface area contributed by atoms with Crippen LogP contribution < -0.4 is 10.1 Å². The normalized spacial score (nSPS) is 24.6. The number of aliphatic hydroxyl groups is 1. The molecule has 2 fully saturated rings. The zero-order valence-corrected chi connectivity index (χ0v) is 15.0. The number of hydrogen-bond acceptors (Lipinski definition) is 5. The molecule has 2 heterocycles. The molecule has 1 atom stereocenters. The number of likely N-dealkylation sites (tertiary alicyclic amines) is 1. The van der Waals surface area contributed by atoms with Crippen LogP contribution in [0.1, 0.15) is 50.1 Å². The third-order valence-electron chi connectivity index (χ3n) is 5.34. The highest BCUT2D eigenvalue weighted by Crippen LogP contribution is 2.38. The van der Waals surface area contributed by atoms with Crippen molar-refractivity contribution in [3.05, 3.63) is 23.9 Å². The number of carbonyl (C=O) groups excluding carboxylic acids is 1. The number of pyridine rings is 1. The standard InChI is InChI=1S/C19H29N3O3/c1-25-18-7-6-14(13-20-18)19(15-11-16(23)12-15)21-17(24)5-4-10-22-8-2-3-9-22/h6-7,13,15-16,19,23H,2-5,8-12H2,1H3,(H,21,24)/t15?,16?,19-/m0/s1. The van der Waals surface area contributed by atoms with Crippen molar-refractivity contribution in [1.29, 1.82) is 0 Å². The molecule has 1 aliphatic heterocycles. The third-order valence-corrected chi connectivity index (χ3v) is 5.34. The molecular formula is C19H29N3O3. The van der Waals surface area contributed by atoms with Crippen molar-refractivity contribution in [2.75, 3.05) is 26.7 Å². The highest BCUT2D eigenvalue weighted by atomic mass is 16.5. The molecule has 0 aromatic carbocycles. The zero-order chi connectivity index (χ0) is 17.6. The fourth-order valence-electron chi connectivity index (χ4n) is 3.79. The molecule has 1 aromatic heterocycles. The molecule has 1 saturated carbocycles. The fourth-order valence-corrected chi connectivity index (χ4v) is 3.79. The van der Waals surface area contributed by atoms with Gasteiger partial charge in [0.25, 0.3) is 0 Å². The largest absolute Gasteiger partial charge is 0.481 e. The molecule has 1 aromatic rings. The number of amides is 1. The zero-order valence-electron chi connectivity index (χ0n) is 15.0. The van der Waals surface area contributed by atoms with Crippen molar-refractivity contribution in [2.24, 2.45) is 5.92 Å². The van der Waals surface area contributed by atoms with Gasteiger partial charge in [-0.2, -0.15) is 0 Å². The van der Waals surface area contributed by atoms with Gasteiger partial charge in [-0.15, -0.1) is 0 Å². The predicted molar refractivity (Wildman–Crippen MR) is 95.3 cm³/mol. The van der Waals surface area contributed by atoms with Gasteiger partial charge in [0.1, 0.15) is 0 Å². The first-order valence-electron chi connectivity index (χ1n) is 9.35. The summed E-state index contributed by atoms with van der Waals surface area (Å²) >= 11 is 0. The first-order valence-corrected chi connectivity index (χ1v) is 9.35. The van der Waals surface area contributed by atoms with E-state index >= 15 is 0 Å². The Bertz CT molecular complexity index is 552. The summed E-state index contributed by atoms with van der Waals surface area (Å²) < 4.78 is 5.11. The van der Waals surface area contributed by atoms with Gasteiger partial charge in [0.05, 0.1) is 19.3 Å². The van der Waals surface area contributed by atoms with E-state index in [9.17, 15) is 9.90 Å². The van der Waals surface area contributed by atoms with E-state index in [1.165, 1.54) is 25.9 Å². The average molecular weight is 347 g/mol. The Labute approximate surface area is 149 Å². The Morgan fingerprint density at radius 2 is 2.16 bits per heavy atom. The maximum absolute atomic E-state index is 12.4. The van der Waals surface area contributed by atoms with Crippen LogP contribution in [0.15, 0.2) is 18.3 Å². The molecule has 6 nitrogen and oxygen atoms in total. The number of hydrogen-bond donors (Lipinski definition) is 2. The quantitative estimate of drug-likeness (QED) is 0.751. The van der Waals surface area contributed by atoms with E-state index in [0.29, 0.717) is 12.3 Å². The Kier molecular flexibility index (Phi) is 6.26. The van der Waals surface area contributed by atoms with E-state index in [2.05, 4.69) is 15.2 Å². The van der Waals surface area contributed by atoms with Gasteiger partial charge in [0.2, 0.25) is 11.8 Å². The van der Waals surface area contributed by atoms with Crippen molar-refractivity contribution < 1.29 is 14.6 Å². The number of ether oxygens (including phenoxy) is 1. The second kappa shape index (κ2) is 8.63. The van der Waals surface area contributed by atoms with Crippen molar-refractivity contribution in [3.8, 4) is 5.88 Å². The highest BCUT2D eigenvalue weighted by molar-refractivity contribution is 5.76. The van der Waals surface area contributed by atoms with Crippen LogP contribution in [0.4, 0.5) is 0 Å². The number of carbonyl (C=O) groups is 1. The SMILES string of the molecule is COc1ccc([C@H](NC(=O)CCCN2CCCC2)C2CC(O)C2)cn1. The maximum atomic E-state index is 12.4. The second-order valence-electron chi connectivity index (χ2n) is 7.22. The van der Waals surface area contributed by atoms with Gasteiger partial charge in [0.15, 0.2) is 0 Å². The van der Waals surface area contributed by atoms with Crippen LogP contribution in [0.25, 0.3) is 0 Å². The lowest BCUT2D eigenvalue weighted by Gasteiger charge is -2.38. The van der Waals surface area contributed by atoms with E-state index in [1.807, 2.05) is 12.1 Å². The molecular weight excluding hydrogens is 318 g/mol. The molecule has 2 N–H and O–H groups in total. The maximum Gasteiger partial charge on any atom is 0.220 e. The number of aromatic nitrogens is 1. The monoisotopic (exact) mass is 347 g/mol. The molecule has 2 aliphatic rings. The third kappa shape index (κ3) is 4.92. The molecule has 138 valence electrons. The summed E-state index contributed by atoms with van der Waals surface area (Å²) in [6.45, 7) is 3.34. The molecule has 0 spiro atoms. The van der Waals surface area contributed by atoms with Gasteiger partial charge in [-0.05, 0) is 63.2 Å². The fraction of sp³-hybridized carbons (Fsp3) is 0.684. The second-order valence-corrected chi connectivity index (χ2v) is 7.22. The summed E-state index contributed by atoms with van der Waals surface area (Å²) in [7, 11) is 1.59. The minimum atomic E-state index is -0.245. The van der Waals surface area contributed by atoms with Gasteiger partial charge >= 0.3 is 0 Å². The van der Waals surface area contributed by atoms with E-state index in [1.54, 1.807) is 13.3 Å². The summed E-state index contributed by atoms with van der Waals surface area (Å²) in [6.07, 6.45) is 6.98. The number of aliphatic hydroxyl groups excluding tert-OH is 1. The summed E-state index contributed by atoms with van der Waals surface area (Å²) in [5, 5.41) is 12.8. The van der Waals surface area contributed by atoms with Crippen molar-refractivity contribution in [2.45, 2.75) is 50.7 Å². The molecule has 1 aliphatic carbocycles. The van der Waals surface area contributed by atoms with Crippen molar-refractivity contribution in [3.63, 3.8) is 0 Å². The molecule has 0 bridgehead atoms. The highest BCUT2D eigenvalue weighted by Gasteiger charge is 2.35. The molecule has 3 rings (SSSR count). The molecule has 0 radical (unpaired) electrons. The number of rotatable bonds is 8. The Morgan fingerprint density at radius 3 is 2.76 bits per heavy atom. The Hall–Kier alpha value is -1.66. The van der Waals surface area contributed by atoms with E-state index < -0.39 is 0 Å². The van der Waals surface area contributed by atoms with E-state index in [-0.39, 0.29) is 24.0 Å². The lowest BCUT2D eigenvalue weighted by molar-refractivity contribution is -0.123. The number of methoxy groups -OCH3 is 1. The van der Waals surface area contributed by atoms with Gasteiger partial charge in [-0.3, -0.25) is 4.79 Å². The van der Waals surface area contributed by atoms with Crippen molar-refractivity contribution >= 4 is 5.91 Å². The minimum absolute atomic E-state index is 0.0823. The molecule has 1 amide bonds. The molecule has 1 saturated heterocycles. The summed E-state index contributed by atoms with van der Waals surface area (Å²) in [4.78, 5) is 19.1. The first kappa shape index (κ1) is 18.1. The van der Waals surface area contributed by atoms with E-state index in [0.717, 1.165) is 31.4 Å². The van der Waals surface area contributed by atoms with Gasteiger partial charge in [-0.1, -0.05) is 6.07 Å². The Morgan fingerprint density at radius 1 is 1.40 bits per heavy atom. The summed E-state index contributed by atoms with van der Waals surface area (Å²) in [5.74, 6) is 0.919. The summed E-state index contributed by atoms with van der Waals surface area (Å²) in [5.41, 5.74) is 0.977. The van der Waals surface area contributed by atoms with Crippen LogP contribution >= 0.6 is 0 Å². The Balaban J connectivity index is 1.54. The van der Waals surface area contributed by atoms with Gasteiger partial charge in [-0.25, -0.2) is 4.98 Å². The van der Waals surface area contributed by atoms with Crippen LogP contribution in [0.5, 0.6) is 5.88 Å². The molecule has 25 heavy (non-hydrogen) atoms. The van der Waals surface area contributed by atoms with Crippen LogP contribution in [0.3, 0.4) is 0 Å². The van der Waals surface area contributed by atoms with Crippen LogP contribution in [0, 0.1) is 5.92 Å². The molecule has 0 unspecified atom stereocenters. The van der Waals surface area contributed by atoms with Crippen LogP contribution in [-0.4, -0.2) is 53.7 Å². The predicted octanol–water partition coefficient (Wildman–Crippen LogP) is 1.89. The topological polar surface area (TPSA) is 74.7 Å².